The third-order valence-corrected chi connectivity index (χ3v) is 4.75. The predicted molar refractivity (Wildman–Crippen MR) is 120 cm³/mol. The summed E-state index contributed by atoms with van der Waals surface area (Å²) in [4.78, 5) is 18.9. The number of rotatable bonds is 8. The first-order chi connectivity index (χ1) is 12.7. The maximum atomic E-state index is 11.8. The molecule has 150 valence electrons. The molecule has 1 saturated carbocycles. The van der Waals surface area contributed by atoms with Crippen molar-refractivity contribution in [2.75, 3.05) is 26.2 Å². The molecule has 1 aromatic rings. The molecule has 1 saturated heterocycles. The highest BCUT2D eigenvalue weighted by molar-refractivity contribution is 14.0. The molecule has 1 aliphatic heterocycles. The molecule has 0 unspecified atom stereocenters. The molecular weight excluding hydrogens is 453 g/mol. The van der Waals surface area contributed by atoms with Crippen LogP contribution in [0.2, 0.25) is 0 Å². The van der Waals surface area contributed by atoms with Gasteiger partial charge >= 0.3 is 0 Å². The molecule has 1 aliphatic carbocycles. The van der Waals surface area contributed by atoms with Gasteiger partial charge in [-0.2, -0.15) is 0 Å². The summed E-state index contributed by atoms with van der Waals surface area (Å²) in [6.07, 6.45) is 4.86. The number of hydrogen-bond donors (Lipinski definition) is 3. The van der Waals surface area contributed by atoms with Crippen LogP contribution in [0.4, 0.5) is 0 Å². The molecule has 27 heavy (non-hydrogen) atoms. The van der Waals surface area contributed by atoms with E-state index in [2.05, 4.69) is 50.1 Å². The van der Waals surface area contributed by atoms with Gasteiger partial charge in [-0.25, -0.2) is 4.99 Å². The number of carbonyl (C=O) groups excluding carboxylic acids is 1. The van der Waals surface area contributed by atoms with Crippen molar-refractivity contribution in [1.29, 1.82) is 0 Å². The van der Waals surface area contributed by atoms with Crippen molar-refractivity contribution in [2.24, 2.45) is 4.99 Å². The van der Waals surface area contributed by atoms with Gasteiger partial charge in [-0.05, 0) is 56.8 Å². The van der Waals surface area contributed by atoms with Crippen LogP contribution in [0, 0.1) is 0 Å². The number of hydrogen-bond acceptors (Lipinski definition) is 3. The molecule has 0 atom stereocenters. The first-order valence-electron chi connectivity index (χ1n) is 9.84. The van der Waals surface area contributed by atoms with Gasteiger partial charge in [0.2, 0.25) is 5.91 Å². The van der Waals surface area contributed by atoms with Crippen LogP contribution < -0.4 is 16.0 Å². The van der Waals surface area contributed by atoms with Crippen molar-refractivity contribution in [3.63, 3.8) is 0 Å². The molecule has 1 heterocycles. The Hall–Kier alpha value is -1.35. The second-order valence-corrected chi connectivity index (χ2v) is 7.19. The Balaban J connectivity index is 0.00000261. The smallest absolute Gasteiger partial charge is 0.239 e. The molecule has 0 aromatic heterocycles. The van der Waals surface area contributed by atoms with E-state index in [-0.39, 0.29) is 36.4 Å². The lowest BCUT2D eigenvalue weighted by Gasteiger charge is -2.14. The lowest BCUT2D eigenvalue weighted by Crippen LogP contribution is -2.43. The molecule has 1 amide bonds. The quantitative estimate of drug-likeness (QED) is 0.300. The van der Waals surface area contributed by atoms with Gasteiger partial charge in [-0.1, -0.05) is 24.3 Å². The topological polar surface area (TPSA) is 68.8 Å². The minimum absolute atomic E-state index is 0. The van der Waals surface area contributed by atoms with Crippen molar-refractivity contribution < 1.29 is 4.79 Å². The third-order valence-electron chi connectivity index (χ3n) is 4.75. The number of nitrogens with zero attached hydrogens (tertiary/aromatic N) is 2. The summed E-state index contributed by atoms with van der Waals surface area (Å²) in [5, 5.41) is 9.27. The average molecular weight is 485 g/mol. The van der Waals surface area contributed by atoms with Crippen molar-refractivity contribution in [3.05, 3.63) is 35.4 Å². The largest absolute Gasteiger partial charge is 0.357 e. The Kier molecular flexibility index (Phi) is 9.33. The van der Waals surface area contributed by atoms with Crippen LogP contribution in [-0.2, 0) is 17.9 Å². The normalized spacial score (nSPS) is 17.3. The van der Waals surface area contributed by atoms with E-state index in [0.29, 0.717) is 18.5 Å². The number of amides is 1. The predicted octanol–water partition coefficient (Wildman–Crippen LogP) is 2.23. The highest BCUT2D eigenvalue weighted by Gasteiger charge is 2.22. The Labute approximate surface area is 179 Å². The molecule has 6 nitrogen and oxygen atoms in total. The number of aliphatic imine (C=N–C) groups is 1. The second kappa shape index (κ2) is 11.5. The van der Waals surface area contributed by atoms with Crippen LogP contribution in [0.15, 0.2) is 29.3 Å². The van der Waals surface area contributed by atoms with E-state index >= 15 is 0 Å². The summed E-state index contributed by atoms with van der Waals surface area (Å²) in [5.41, 5.74) is 2.54. The molecule has 0 bridgehead atoms. The Morgan fingerprint density at radius 3 is 2.41 bits per heavy atom. The van der Waals surface area contributed by atoms with Gasteiger partial charge in [0.1, 0.15) is 0 Å². The number of carbonyl (C=O) groups is 1. The van der Waals surface area contributed by atoms with E-state index in [1.165, 1.54) is 37.1 Å². The maximum Gasteiger partial charge on any atom is 0.239 e. The Bertz CT molecular complexity index is 609. The monoisotopic (exact) mass is 485 g/mol. The van der Waals surface area contributed by atoms with Crippen LogP contribution in [0.1, 0.15) is 43.7 Å². The second-order valence-electron chi connectivity index (χ2n) is 7.19. The number of benzene rings is 1. The fraction of sp³-hybridized carbons (Fsp3) is 0.600. The van der Waals surface area contributed by atoms with E-state index in [1.54, 1.807) is 0 Å². The van der Waals surface area contributed by atoms with Crippen molar-refractivity contribution in [3.8, 4) is 0 Å². The Morgan fingerprint density at radius 2 is 1.78 bits per heavy atom. The van der Waals surface area contributed by atoms with Gasteiger partial charge < -0.3 is 16.0 Å². The SMILES string of the molecule is CCNC(=NCc1ccc(CN2CCCC2)cc1)NCC(=O)NC1CC1.I. The number of nitrogens with one attached hydrogen (secondary N) is 3. The van der Waals surface area contributed by atoms with Crippen LogP contribution in [0.25, 0.3) is 0 Å². The molecule has 7 heteroatoms. The zero-order valence-electron chi connectivity index (χ0n) is 16.2. The molecule has 0 radical (unpaired) electrons. The summed E-state index contributed by atoms with van der Waals surface area (Å²) in [5.74, 6) is 0.712. The molecule has 1 aromatic carbocycles. The molecule has 2 aliphatic rings. The van der Waals surface area contributed by atoms with E-state index in [0.717, 1.165) is 25.9 Å². The summed E-state index contributed by atoms with van der Waals surface area (Å²) < 4.78 is 0. The zero-order valence-corrected chi connectivity index (χ0v) is 18.5. The summed E-state index contributed by atoms with van der Waals surface area (Å²) in [7, 11) is 0. The van der Waals surface area contributed by atoms with Crippen LogP contribution >= 0.6 is 24.0 Å². The highest BCUT2D eigenvalue weighted by Crippen LogP contribution is 2.18. The standard InChI is InChI=1S/C20H31N5O.HI/c1-2-21-20(23-14-19(26)24-18-9-10-18)22-13-16-5-7-17(8-6-16)15-25-11-3-4-12-25;/h5-8,18H,2-4,9-15H2,1H3,(H,24,26)(H2,21,22,23);1H. The molecule has 3 N–H and O–H groups in total. The number of halogens is 1. The summed E-state index contributed by atoms with van der Waals surface area (Å²) in [6.45, 7) is 7.14. The van der Waals surface area contributed by atoms with E-state index < -0.39 is 0 Å². The van der Waals surface area contributed by atoms with Crippen LogP contribution in [0.5, 0.6) is 0 Å². The van der Waals surface area contributed by atoms with E-state index in [9.17, 15) is 4.79 Å². The number of guanidine groups is 1. The van der Waals surface area contributed by atoms with Gasteiger partial charge in [0.05, 0.1) is 13.1 Å². The van der Waals surface area contributed by atoms with Gasteiger partial charge in [-0.15, -0.1) is 24.0 Å². The van der Waals surface area contributed by atoms with Gasteiger partial charge in [0.15, 0.2) is 5.96 Å². The first-order valence-corrected chi connectivity index (χ1v) is 9.84. The van der Waals surface area contributed by atoms with Crippen LogP contribution in [0.3, 0.4) is 0 Å². The van der Waals surface area contributed by atoms with Crippen LogP contribution in [-0.4, -0.2) is 49.0 Å². The minimum Gasteiger partial charge on any atom is -0.357 e. The lowest BCUT2D eigenvalue weighted by atomic mass is 10.1. The summed E-state index contributed by atoms with van der Waals surface area (Å²) in [6, 6.07) is 9.10. The average Bonchev–Trinajstić information content (AvgIpc) is 3.31. The number of likely N-dealkylation sites (tertiary alicyclic amines) is 1. The van der Waals surface area contributed by atoms with Crippen molar-refractivity contribution in [1.82, 2.24) is 20.9 Å². The zero-order chi connectivity index (χ0) is 18.2. The third kappa shape index (κ3) is 8.04. The van der Waals surface area contributed by atoms with Crippen molar-refractivity contribution >= 4 is 35.8 Å². The van der Waals surface area contributed by atoms with Gasteiger partial charge in [0.25, 0.3) is 0 Å². The van der Waals surface area contributed by atoms with Crippen molar-refractivity contribution in [2.45, 2.75) is 51.7 Å². The molecule has 0 spiro atoms. The molecular formula is C20H32IN5O. The first kappa shape index (κ1) is 21.9. The fourth-order valence-electron chi connectivity index (χ4n) is 3.13. The van der Waals surface area contributed by atoms with Gasteiger partial charge in [0, 0.05) is 19.1 Å². The molecule has 2 fully saturated rings. The lowest BCUT2D eigenvalue weighted by molar-refractivity contribution is -0.120. The Morgan fingerprint density at radius 1 is 1.11 bits per heavy atom. The maximum absolute atomic E-state index is 11.8. The van der Waals surface area contributed by atoms with E-state index in [1.807, 2.05) is 6.92 Å². The molecule has 3 rings (SSSR count). The summed E-state index contributed by atoms with van der Waals surface area (Å²) >= 11 is 0. The van der Waals surface area contributed by atoms with Gasteiger partial charge in [-0.3, -0.25) is 9.69 Å². The fourth-order valence-corrected chi connectivity index (χ4v) is 3.13. The van der Waals surface area contributed by atoms with E-state index in [4.69, 9.17) is 0 Å². The highest BCUT2D eigenvalue weighted by atomic mass is 127. The minimum atomic E-state index is 0.